The highest BCUT2D eigenvalue weighted by molar-refractivity contribution is 7.90. The lowest BCUT2D eigenvalue weighted by Gasteiger charge is -2.12. The van der Waals surface area contributed by atoms with Gasteiger partial charge in [0.05, 0.1) is 5.75 Å². The van der Waals surface area contributed by atoms with E-state index in [9.17, 15) is 17.6 Å². The average Bonchev–Trinajstić information content (AvgIpc) is 2.70. The Morgan fingerprint density at radius 2 is 1.61 bits per heavy atom. The molecule has 0 saturated heterocycles. The van der Waals surface area contributed by atoms with Crippen molar-refractivity contribution in [3.8, 4) is 16.9 Å². The molecule has 0 aromatic heterocycles. The Labute approximate surface area is 163 Å². The van der Waals surface area contributed by atoms with Crippen molar-refractivity contribution in [1.82, 2.24) is 0 Å². The predicted octanol–water partition coefficient (Wildman–Crippen LogP) is 4.78. The number of ether oxygens (including phenoxy) is 1. The van der Waals surface area contributed by atoms with Gasteiger partial charge in [0, 0.05) is 12.0 Å². The fourth-order valence-corrected chi connectivity index (χ4v) is 4.25. The van der Waals surface area contributed by atoms with Crippen molar-refractivity contribution in [2.75, 3.05) is 0 Å². The number of halogens is 1. The number of benzene rings is 3. The zero-order chi connectivity index (χ0) is 20.1. The second kappa shape index (κ2) is 8.35. The molecule has 4 nitrogen and oxygen atoms in total. The minimum Gasteiger partial charge on any atom is -0.425 e. The van der Waals surface area contributed by atoms with E-state index in [0.29, 0.717) is 0 Å². The highest BCUT2D eigenvalue weighted by Gasteiger charge is 2.23. The minimum atomic E-state index is -3.94. The van der Waals surface area contributed by atoms with E-state index < -0.39 is 27.4 Å². The minimum absolute atomic E-state index is 0.0472. The SMILES string of the molecule is CCC(=O)Oc1ccccc1S(=O)(=O)Cc1cc(-c2ccccc2)ccc1F. The molecule has 28 heavy (non-hydrogen) atoms. The van der Waals surface area contributed by atoms with Gasteiger partial charge in [-0.15, -0.1) is 0 Å². The van der Waals surface area contributed by atoms with Crippen LogP contribution in [0.3, 0.4) is 0 Å². The van der Waals surface area contributed by atoms with Crippen molar-refractivity contribution in [3.63, 3.8) is 0 Å². The van der Waals surface area contributed by atoms with E-state index in [1.807, 2.05) is 30.3 Å². The average molecular weight is 398 g/mol. The smallest absolute Gasteiger partial charge is 0.310 e. The molecule has 0 saturated carbocycles. The Morgan fingerprint density at radius 3 is 2.32 bits per heavy atom. The van der Waals surface area contributed by atoms with Gasteiger partial charge in [-0.3, -0.25) is 4.79 Å². The van der Waals surface area contributed by atoms with Gasteiger partial charge in [0.15, 0.2) is 9.84 Å². The summed E-state index contributed by atoms with van der Waals surface area (Å²) in [6.07, 6.45) is 0.113. The summed E-state index contributed by atoms with van der Waals surface area (Å²) >= 11 is 0. The van der Waals surface area contributed by atoms with E-state index >= 15 is 0 Å². The van der Waals surface area contributed by atoms with Crippen LogP contribution in [0, 0.1) is 5.82 Å². The Kier molecular flexibility index (Phi) is 5.90. The number of carbonyl (C=O) groups excluding carboxylic acids is 1. The molecule has 144 valence electrons. The van der Waals surface area contributed by atoms with Crippen LogP contribution in [0.1, 0.15) is 18.9 Å². The van der Waals surface area contributed by atoms with Crippen LogP contribution in [0.5, 0.6) is 5.75 Å². The topological polar surface area (TPSA) is 60.4 Å². The second-order valence-electron chi connectivity index (χ2n) is 6.21. The first kappa shape index (κ1) is 19.8. The fourth-order valence-electron chi connectivity index (χ4n) is 2.76. The van der Waals surface area contributed by atoms with Gasteiger partial charge in [-0.25, -0.2) is 12.8 Å². The molecule has 6 heteroatoms. The van der Waals surface area contributed by atoms with Gasteiger partial charge < -0.3 is 4.74 Å². The number of hydrogen-bond acceptors (Lipinski definition) is 4. The van der Waals surface area contributed by atoms with Crippen LogP contribution in [0.4, 0.5) is 4.39 Å². The number of hydrogen-bond donors (Lipinski definition) is 0. The normalized spacial score (nSPS) is 11.2. The maximum Gasteiger partial charge on any atom is 0.310 e. The van der Waals surface area contributed by atoms with Crippen LogP contribution < -0.4 is 4.74 Å². The lowest BCUT2D eigenvalue weighted by Crippen LogP contribution is -2.12. The maximum atomic E-state index is 14.3. The first-order valence-corrected chi connectivity index (χ1v) is 10.4. The molecule has 0 aliphatic carbocycles. The standard InChI is InChI=1S/C22H19FO4S/c1-2-22(24)27-20-10-6-7-11-21(20)28(25,26)15-18-14-17(12-13-19(18)23)16-8-4-3-5-9-16/h3-14H,2,15H2,1H3. The number of carbonyl (C=O) groups is 1. The summed E-state index contributed by atoms with van der Waals surface area (Å²) in [6.45, 7) is 1.61. The van der Waals surface area contributed by atoms with Crippen molar-refractivity contribution >= 4 is 15.8 Å². The quantitative estimate of drug-likeness (QED) is 0.443. The maximum absolute atomic E-state index is 14.3. The Bertz CT molecular complexity index is 1090. The number of esters is 1. The van der Waals surface area contributed by atoms with Crippen molar-refractivity contribution in [1.29, 1.82) is 0 Å². The summed E-state index contributed by atoms with van der Waals surface area (Å²) in [5, 5.41) is 0. The van der Waals surface area contributed by atoms with Crippen molar-refractivity contribution < 1.29 is 22.3 Å². The third-order valence-electron chi connectivity index (χ3n) is 4.20. The molecule has 3 aromatic carbocycles. The Balaban J connectivity index is 1.97. The number of para-hydroxylation sites is 1. The molecule has 3 rings (SSSR count). The molecular weight excluding hydrogens is 379 g/mol. The summed E-state index contributed by atoms with van der Waals surface area (Å²) in [7, 11) is -3.94. The second-order valence-corrected chi connectivity index (χ2v) is 8.16. The largest absolute Gasteiger partial charge is 0.425 e. The lowest BCUT2D eigenvalue weighted by molar-refractivity contribution is -0.134. The summed E-state index contributed by atoms with van der Waals surface area (Å²) in [6, 6.07) is 19.6. The van der Waals surface area contributed by atoms with Gasteiger partial charge in [0.1, 0.15) is 16.5 Å². The molecule has 0 spiro atoms. The van der Waals surface area contributed by atoms with Crippen LogP contribution >= 0.6 is 0 Å². The predicted molar refractivity (Wildman–Crippen MR) is 105 cm³/mol. The van der Waals surface area contributed by atoms with Crippen LogP contribution in [-0.2, 0) is 20.4 Å². The zero-order valence-corrected chi connectivity index (χ0v) is 16.1. The molecular formula is C22H19FO4S. The molecule has 0 fully saturated rings. The Morgan fingerprint density at radius 1 is 0.929 bits per heavy atom. The van der Waals surface area contributed by atoms with Crippen molar-refractivity contribution in [3.05, 3.63) is 84.2 Å². The van der Waals surface area contributed by atoms with E-state index in [4.69, 9.17) is 4.74 Å². The monoisotopic (exact) mass is 398 g/mol. The molecule has 0 aliphatic heterocycles. The van der Waals surface area contributed by atoms with Gasteiger partial charge >= 0.3 is 5.97 Å². The lowest BCUT2D eigenvalue weighted by atomic mass is 10.0. The van der Waals surface area contributed by atoms with Crippen LogP contribution in [0.25, 0.3) is 11.1 Å². The zero-order valence-electron chi connectivity index (χ0n) is 15.3. The number of rotatable bonds is 6. The van der Waals surface area contributed by atoms with E-state index in [-0.39, 0.29) is 22.6 Å². The molecule has 0 atom stereocenters. The van der Waals surface area contributed by atoms with Gasteiger partial charge in [-0.1, -0.05) is 55.5 Å². The molecule has 0 bridgehead atoms. The van der Waals surface area contributed by atoms with Gasteiger partial charge in [-0.2, -0.15) is 0 Å². The molecule has 0 N–H and O–H groups in total. The molecule has 0 aliphatic rings. The highest BCUT2D eigenvalue weighted by Crippen LogP contribution is 2.29. The number of sulfone groups is 1. The third-order valence-corrected chi connectivity index (χ3v) is 5.89. The first-order valence-electron chi connectivity index (χ1n) is 8.77. The molecule has 0 radical (unpaired) electrons. The summed E-state index contributed by atoms with van der Waals surface area (Å²) in [4.78, 5) is 11.5. The van der Waals surface area contributed by atoms with E-state index in [0.717, 1.165) is 11.1 Å². The van der Waals surface area contributed by atoms with Crippen molar-refractivity contribution in [2.24, 2.45) is 0 Å². The van der Waals surface area contributed by atoms with Gasteiger partial charge in [-0.05, 0) is 35.4 Å². The van der Waals surface area contributed by atoms with Crippen LogP contribution in [0.15, 0.2) is 77.7 Å². The van der Waals surface area contributed by atoms with Gasteiger partial charge in [0.2, 0.25) is 0 Å². The van der Waals surface area contributed by atoms with E-state index in [1.165, 1.54) is 30.3 Å². The molecule has 0 amide bonds. The first-order chi connectivity index (χ1) is 13.4. The van der Waals surface area contributed by atoms with E-state index in [1.54, 1.807) is 19.1 Å². The van der Waals surface area contributed by atoms with Gasteiger partial charge in [0.25, 0.3) is 0 Å². The molecule has 3 aromatic rings. The Hall–Kier alpha value is -2.99. The van der Waals surface area contributed by atoms with Crippen LogP contribution in [0.2, 0.25) is 0 Å². The summed E-state index contributed by atoms with van der Waals surface area (Å²) in [5.41, 5.74) is 1.63. The highest BCUT2D eigenvalue weighted by atomic mass is 32.2. The molecule has 0 unspecified atom stereocenters. The third kappa shape index (κ3) is 4.46. The summed E-state index contributed by atoms with van der Waals surface area (Å²) < 4.78 is 45.3. The fraction of sp³-hybridized carbons (Fsp3) is 0.136. The summed E-state index contributed by atoms with van der Waals surface area (Å²) in [5.74, 6) is -1.74. The van der Waals surface area contributed by atoms with Crippen molar-refractivity contribution in [2.45, 2.75) is 24.0 Å². The van der Waals surface area contributed by atoms with E-state index in [2.05, 4.69) is 0 Å². The van der Waals surface area contributed by atoms with Crippen LogP contribution in [-0.4, -0.2) is 14.4 Å². The molecule has 0 heterocycles.